The molecule has 20 heavy (non-hydrogen) atoms. The summed E-state index contributed by atoms with van der Waals surface area (Å²) in [5.41, 5.74) is 0. The van der Waals surface area contributed by atoms with Crippen molar-refractivity contribution in [2.75, 3.05) is 13.2 Å². The van der Waals surface area contributed by atoms with Crippen LogP contribution in [0.3, 0.4) is 0 Å². The van der Waals surface area contributed by atoms with Gasteiger partial charge in [-0.3, -0.25) is 0 Å². The van der Waals surface area contributed by atoms with Crippen molar-refractivity contribution in [2.45, 2.75) is 30.7 Å². The molecule has 0 aliphatic carbocycles. The standard InChI is InChI=1S/C13H17BClNO3S/c1-9(2)12-7-19-8-13(14)16(12)20(17,18)11-5-3-10(15)4-6-11/h3-6,9,12-13H,7-8H2,1-2H3/t12-,13+/m0/s1. The van der Waals surface area contributed by atoms with E-state index in [1.807, 2.05) is 13.8 Å². The molecule has 1 aliphatic rings. The van der Waals surface area contributed by atoms with Crippen molar-refractivity contribution >= 4 is 29.5 Å². The maximum atomic E-state index is 12.8. The number of benzene rings is 1. The van der Waals surface area contributed by atoms with Crippen molar-refractivity contribution in [3.8, 4) is 0 Å². The lowest BCUT2D eigenvalue weighted by atomic mass is 9.92. The molecule has 1 fully saturated rings. The van der Waals surface area contributed by atoms with E-state index in [9.17, 15) is 8.42 Å². The monoisotopic (exact) mass is 313 g/mol. The van der Waals surface area contributed by atoms with Crippen LogP contribution in [-0.2, 0) is 14.8 Å². The molecule has 1 aliphatic heterocycles. The van der Waals surface area contributed by atoms with Crippen molar-refractivity contribution < 1.29 is 13.2 Å². The molecule has 2 atom stereocenters. The van der Waals surface area contributed by atoms with Gasteiger partial charge in [0.2, 0.25) is 10.0 Å². The third kappa shape index (κ3) is 3.03. The van der Waals surface area contributed by atoms with Crippen LogP contribution in [0.25, 0.3) is 0 Å². The molecule has 4 nitrogen and oxygen atoms in total. The fourth-order valence-corrected chi connectivity index (χ4v) is 4.20. The summed E-state index contributed by atoms with van der Waals surface area (Å²) in [4.78, 5) is 0.199. The number of ether oxygens (including phenoxy) is 1. The van der Waals surface area contributed by atoms with E-state index in [4.69, 9.17) is 24.2 Å². The number of hydrogen-bond donors (Lipinski definition) is 0. The Hall–Kier alpha value is -0.555. The van der Waals surface area contributed by atoms with Crippen LogP contribution in [0.1, 0.15) is 13.8 Å². The average molecular weight is 314 g/mol. The zero-order chi connectivity index (χ0) is 14.9. The largest absolute Gasteiger partial charge is 0.379 e. The fraction of sp³-hybridized carbons (Fsp3) is 0.538. The summed E-state index contributed by atoms with van der Waals surface area (Å²) >= 11 is 5.80. The predicted octanol–water partition coefficient (Wildman–Crippen LogP) is 1.88. The highest BCUT2D eigenvalue weighted by Gasteiger charge is 2.39. The van der Waals surface area contributed by atoms with Gasteiger partial charge in [-0.25, -0.2) is 8.42 Å². The van der Waals surface area contributed by atoms with Crippen LogP contribution >= 0.6 is 11.6 Å². The first kappa shape index (κ1) is 15.8. The van der Waals surface area contributed by atoms with Crippen molar-refractivity contribution in [2.24, 2.45) is 5.92 Å². The number of morpholine rings is 1. The summed E-state index contributed by atoms with van der Waals surface area (Å²) < 4.78 is 32.3. The number of hydrogen-bond acceptors (Lipinski definition) is 3. The molecule has 1 heterocycles. The van der Waals surface area contributed by atoms with Gasteiger partial charge in [0.1, 0.15) is 0 Å². The molecule has 2 rings (SSSR count). The molecular formula is C13H17BClNO3S. The van der Waals surface area contributed by atoms with E-state index in [1.165, 1.54) is 16.4 Å². The van der Waals surface area contributed by atoms with E-state index in [2.05, 4.69) is 0 Å². The number of rotatable bonds is 3. The first-order valence-corrected chi connectivity index (χ1v) is 8.28. The number of sulfonamides is 1. The molecule has 1 saturated heterocycles. The Kier molecular flexibility index (Phi) is 4.79. The summed E-state index contributed by atoms with van der Waals surface area (Å²) in [6.45, 7) is 4.47. The molecule has 0 unspecified atom stereocenters. The minimum atomic E-state index is -3.65. The van der Waals surface area contributed by atoms with Gasteiger partial charge in [0.25, 0.3) is 0 Å². The zero-order valence-corrected chi connectivity index (χ0v) is 13.1. The van der Waals surface area contributed by atoms with Crippen LogP contribution < -0.4 is 0 Å². The fourth-order valence-electron chi connectivity index (χ4n) is 2.27. The Labute approximate surface area is 126 Å². The van der Waals surface area contributed by atoms with Gasteiger partial charge in [0, 0.05) is 11.0 Å². The van der Waals surface area contributed by atoms with E-state index in [0.717, 1.165) is 0 Å². The molecule has 0 bridgehead atoms. The lowest BCUT2D eigenvalue weighted by Gasteiger charge is -2.41. The second kappa shape index (κ2) is 6.06. The van der Waals surface area contributed by atoms with E-state index in [-0.39, 0.29) is 23.5 Å². The third-order valence-corrected chi connectivity index (χ3v) is 5.61. The lowest BCUT2D eigenvalue weighted by Crippen LogP contribution is -2.56. The first-order valence-electron chi connectivity index (χ1n) is 6.46. The van der Waals surface area contributed by atoms with Gasteiger partial charge in [0.05, 0.1) is 32.0 Å². The van der Waals surface area contributed by atoms with Crippen molar-refractivity contribution in [1.29, 1.82) is 0 Å². The zero-order valence-electron chi connectivity index (χ0n) is 11.5. The minimum absolute atomic E-state index is 0.114. The van der Waals surface area contributed by atoms with Crippen LogP contribution in [0.4, 0.5) is 0 Å². The maximum Gasteiger partial charge on any atom is 0.243 e. The maximum absolute atomic E-state index is 12.8. The Morgan fingerprint density at radius 2 is 1.90 bits per heavy atom. The minimum Gasteiger partial charge on any atom is -0.379 e. The topological polar surface area (TPSA) is 46.6 Å². The molecule has 108 valence electrons. The molecule has 7 heteroatoms. The predicted molar refractivity (Wildman–Crippen MR) is 79.5 cm³/mol. The molecule has 2 radical (unpaired) electrons. The Balaban J connectivity index is 2.41. The highest BCUT2D eigenvalue weighted by molar-refractivity contribution is 7.89. The smallest absolute Gasteiger partial charge is 0.243 e. The van der Waals surface area contributed by atoms with Crippen molar-refractivity contribution in [1.82, 2.24) is 4.31 Å². The molecule has 1 aromatic carbocycles. The van der Waals surface area contributed by atoms with Gasteiger partial charge >= 0.3 is 0 Å². The van der Waals surface area contributed by atoms with Gasteiger partial charge in [-0.05, 0) is 30.2 Å². The number of halogens is 1. The summed E-state index contributed by atoms with van der Waals surface area (Å²) in [6, 6.07) is 5.85. The van der Waals surface area contributed by atoms with E-state index in [1.54, 1.807) is 12.1 Å². The van der Waals surface area contributed by atoms with Crippen LogP contribution in [0.5, 0.6) is 0 Å². The van der Waals surface area contributed by atoms with E-state index in [0.29, 0.717) is 11.6 Å². The number of nitrogens with zero attached hydrogens (tertiary/aromatic N) is 1. The lowest BCUT2D eigenvalue weighted by molar-refractivity contribution is 0.00298. The highest BCUT2D eigenvalue weighted by atomic mass is 35.5. The van der Waals surface area contributed by atoms with E-state index >= 15 is 0 Å². The summed E-state index contributed by atoms with van der Waals surface area (Å²) in [5.74, 6) is -0.555. The van der Waals surface area contributed by atoms with Gasteiger partial charge in [-0.2, -0.15) is 4.31 Å². The molecule has 0 spiro atoms. The molecule has 0 aromatic heterocycles. The molecule has 0 saturated carbocycles. The van der Waals surface area contributed by atoms with Crippen LogP contribution in [0.2, 0.25) is 5.02 Å². The van der Waals surface area contributed by atoms with Gasteiger partial charge in [-0.15, -0.1) is 0 Å². The Morgan fingerprint density at radius 3 is 2.45 bits per heavy atom. The average Bonchev–Trinajstić information content (AvgIpc) is 2.38. The van der Waals surface area contributed by atoms with Crippen LogP contribution in [0.15, 0.2) is 29.2 Å². The van der Waals surface area contributed by atoms with Crippen molar-refractivity contribution in [3.05, 3.63) is 29.3 Å². The Morgan fingerprint density at radius 1 is 1.30 bits per heavy atom. The van der Waals surface area contributed by atoms with Gasteiger partial charge in [0.15, 0.2) is 0 Å². The normalized spacial score (nSPS) is 25.0. The second-order valence-corrected chi connectivity index (χ2v) is 7.48. The highest BCUT2D eigenvalue weighted by Crippen LogP contribution is 2.27. The quantitative estimate of drug-likeness (QED) is 0.801. The first-order chi connectivity index (χ1) is 9.34. The molecular weight excluding hydrogens is 296 g/mol. The summed E-state index contributed by atoms with van der Waals surface area (Å²) in [6.07, 6.45) is 0. The molecule has 0 amide bonds. The SMILES string of the molecule is [B][C@H]1COC[C@@H](C(C)C)N1S(=O)(=O)c1ccc(Cl)cc1. The molecule has 1 aromatic rings. The molecule has 0 N–H and O–H groups in total. The van der Waals surface area contributed by atoms with Crippen molar-refractivity contribution in [3.63, 3.8) is 0 Å². The third-order valence-electron chi connectivity index (χ3n) is 3.39. The summed E-state index contributed by atoms with van der Waals surface area (Å²) in [7, 11) is 2.30. The Bertz CT molecular complexity index is 561. The van der Waals surface area contributed by atoms with Gasteiger partial charge in [-0.1, -0.05) is 25.4 Å². The second-order valence-electron chi connectivity index (χ2n) is 5.21. The van der Waals surface area contributed by atoms with E-state index < -0.39 is 16.0 Å². The van der Waals surface area contributed by atoms with Gasteiger partial charge < -0.3 is 4.74 Å². The summed E-state index contributed by atoms with van der Waals surface area (Å²) in [5, 5.41) is 0.496. The van der Waals surface area contributed by atoms with Crippen LogP contribution in [0, 0.1) is 5.92 Å². The van der Waals surface area contributed by atoms with Crippen LogP contribution in [-0.4, -0.2) is 45.8 Å².